The average molecular weight is 455 g/mol. The summed E-state index contributed by atoms with van der Waals surface area (Å²) in [6.07, 6.45) is -6.74. The second-order valence-electron chi connectivity index (χ2n) is 6.45. The maximum Gasteiger partial charge on any atom is 0.573 e. The Balaban J connectivity index is 1.85. The quantitative estimate of drug-likeness (QED) is 0.572. The lowest BCUT2D eigenvalue weighted by atomic mass is 10.0. The molecule has 2 aromatic rings. The fraction of sp³-hybridized carbons (Fsp3) is 0.150. The summed E-state index contributed by atoms with van der Waals surface area (Å²) < 4.78 is 60.4. The summed E-state index contributed by atoms with van der Waals surface area (Å²) in [5, 5.41) is 20.4. The maximum atomic E-state index is 14.6. The van der Waals surface area contributed by atoms with Crippen LogP contribution in [0.3, 0.4) is 0 Å². The molecule has 0 bridgehead atoms. The predicted molar refractivity (Wildman–Crippen MR) is 99.2 cm³/mol. The molecule has 0 aliphatic carbocycles. The van der Waals surface area contributed by atoms with E-state index in [0.717, 1.165) is 24.3 Å². The number of carboxylic acids is 2. The minimum absolute atomic E-state index is 0.158. The SMILES string of the molecule is O=C(O)C1=C(C(=O)Nc2ccc(-c3cccc(OC(F)(F)F)c3)cc2F)C(C(=O)O)OC1. The molecule has 0 fully saturated rings. The monoisotopic (exact) mass is 455 g/mol. The van der Waals surface area contributed by atoms with Gasteiger partial charge in [-0.1, -0.05) is 18.2 Å². The molecule has 8 nitrogen and oxygen atoms in total. The van der Waals surface area contributed by atoms with Gasteiger partial charge in [-0.25, -0.2) is 14.0 Å². The fourth-order valence-electron chi connectivity index (χ4n) is 2.97. The molecule has 0 saturated carbocycles. The average Bonchev–Trinajstić information content (AvgIpc) is 3.14. The number of hydrogen-bond donors (Lipinski definition) is 3. The Labute approximate surface area is 176 Å². The van der Waals surface area contributed by atoms with E-state index < -0.39 is 65.3 Å². The van der Waals surface area contributed by atoms with Crippen molar-refractivity contribution in [1.82, 2.24) is 0 Å². The first-order valence-electron chi connectivity index (χ1n) is 8.74. The van der Waals surface area contributed by atoms with Gasteiger partial charge in [0.1, 0.15) is 11.6 Å². The van der Waals surface area contributed by atoms with Crippen LogP contribution in [-0.2, 0) is 19.1 Å². The van der Waals surface area contributed by atoms with Crippen LogP contribution in [-0.4, -0.2) is 47.1 Å². The largest absolute Gasteiger partial charge is 0.573 e. The van der Waals surface area contributed by atoms with E-state index >= 15 is 0 Å². The van der Waals surface area contributed by atoms with Crippen molar-refractivity contribution in [3.63, 3.8) is 0 Å². The van der Waals surface area contributed by atoms with Crippen LogP contribution in [0.5, 0.6) is 5.75 Å². The van der Waals surface area contributed by atoms with Crippen molar-refractivity contribution >= 4 is 23.5 Å². The third-order valence-electron chi connectivity index (χ3n) is 4.33. The van der Waals surface area contributed by atoms with E-state index in [1.54, 1.807) is 0 Å². The first-order valence-corrected chi connectivity index (χ1v) is 8.74. The van der Waals surface area contributed by atoms with Gasteiger partial charge < -0.3 is 25.0 Å². The Morgan fingerprint density at radius 3 is 2.34 bits per heavy atom. The predicted octanol–water partition coefficient (Wildman–Crippen LogP) is 3.19. The number of alkyl halides is 3. The van der Waals surface area contributed by atoms with Crippen LogP contribution in [0.4, 0.5) is 23.2 Å². The van der Waals surface area contributed by atoms with Crippen molar-refractivity contribution in [1.29, 1.82) is 0 Å². The van der Waals surface area contributed by atoms with E-state index in [1.165, 1.54) is 18.2 Å². The van der Waals surface area contributed by atoms with E-state index in [2.05, 4.69) is 10.1 Å². The van der Waals surface area contributed by atoms with Crippen LogP contribution in [0, 0.1) is 5.82 Å². The molecular formula is C20H13F4NO7. The van der Waals surface area contributed by atoms with Gasteiger partial charge in [-0.3, -0.25) is 4.79 Å². The van der Waals surface area contributed by atoms with E-state index in [4.69, 9.17) is 14.9 Å². The van der Waals surface area contributed by atoms with E-state index in [1.807, 2.05) is 0 Å². The number of rotatable bonds is 6. The van der Waals surface area contributed by atoms with Gasteiger partial charge in [0.15, 0.2) is 6.10 Å². The molecule has 3 N–H and O–H groups in total. The van der Waals surface area contributed by atoms with E-state index in [0.29, 0.717) is 0 Å². The fourth-order valence-corrected chi connectivity index (χ4v) is 2.97. The standard InChI is InChI=1S/C20H13F4NO7/c21-13-7-10(9-2-1-3-11(6-9)32-20(22,23)24)4-5-14(13)25-17(26)15-12(18(27)28)8-31-16(15)19(29)30/h1-7,16H,8H2,(H,25,26)(H,27,28)(H,29,30). The zero-order chi connectivity index (χ0) is 23.6. The molecule has 12 heteroatoms. The zero-order valence-electron chi connectivity index (χ0n) is 15.8. The molecule has 168 valence electrons. The normalized spacial score (nSPS) is 16.1. The van der Waals surface area contributed by atoms with E-state index in [9.17, 15) is 31.9 Å². The van der Waals surface area contributed by atoms with Crippen LogP contribution in [0.25, 0.3) is 11.1 Å². The van der Waals surface area contributed by atoms with Gasteiger partial charge in [0.25, 0.3) is 5.91 Å². The summed E-state index contributed by atoms with van der Waals surface area (Å²) in [7, 11) is 0. The van der Waals surface area contributed by atoms with Gasteiger partial charge in [-0.15, -0.1) is 13.2 Å². The Hall–Kier alpha value is -3.93. The molecule has 1 aliphatic rings. The number of carbonyl (C=O) groups excluding carboxylic acids is 1. The van der Waals surface area contributed by atoms with Crippen molar-refractivity contribution in [3.05, 3.63) is 59.4 Å². The summed E-state index contributed by atoms with van der Waals surface area (Å²) >= 11 is 0. The number of nitrogens with one attached hydrogen (secondary N) is 1. The second-order valence-corrected chi connectivity index (χ2v) is 6.45. The molecule has 0 aromatic heterocycles. The minimum atomic E-state index is -4.90. The molecule has 1 unspecified atom stereocenters. The third-order valence-corrected chi connectivity index (χ3v) is 4.33. The Morgan fingerprint density at radius 2 is 1.75 bits per heavy atom. The third kappa shape index (κ3) is 5.03. The Kier molecular flexibility index (Phi) is 6.16. The Morgan fingerprint density at radius 1 is 1.06 bits per heavy atom. The number of hydrogen-bond acceptors (Lipinski definition) is 5. The number of ether oxygens (including phenoxy) is 2. The number of aliphatic carboxylic acids is 2. The molecule has 1 heterocycles. The van der Waals surface area contributed by atoms with Crippen molar-refractivity contribution in [2.24, 2.45) is 0 Å². The number of amides is 1. The van der Waals surface area contributed by atoms with Gasteiger partial charge in [-0.2, -0.15) is 0 Å². The number of anilines is 1. The molecule has 0 saturated heterocycles. The maximum absolute atomic E-state index is 14.6. The highest BCUT2D eigenvalue weighted by Gasteiger charge is 2.39. The highest BCUT2D eigenvalue weighted by atomic mass is 19.4. The van der Waals surface area contributed by atoms with Crippen LogP contribution >= 0.6 is 0 Å². The summed E-state index contributed by atoms with van der Waals surface area (Å²) in [5.41, 5.74) is -1.31. The highest BCUT2D eigenvalue weighted by Crippen LogP contribution is 2.30. The summed E-state index contributed by atoms with van der Waals surface area (Å²) in [6.45, 7) is -0.618. The molecule has 0 radical (unpaired) electrons. The molecule has 2 aromatic carbocycles. The van der Waals surface area contributed by atoms with Gasteiger partial charge in [0.05, 0.1) is 23.4 Å². The number of halogens is 4. The molecule has 0 spiro atoms. The summed E-state index contributed by atoms with van der Waals surface area (Å²) in [6, 6.07) is 8.10. The molecule has 1 atom stereocenters. The van der Waals surface area contributed by atoms with Crippen molar-refractivity contribution in [2.75, 3.05) is 11.9 Å². The first kappa shape index (κ1) is 22.7. The second kappa shape index (κ2) is 8.67. The molecule has 32 heavy (non-hydrogen) atoms. The van der Waals surface area contributed by atoms with Crippen LogP contribution in [0.2, 0.25) is 0 Å². The summed E-state index contributed by atoms with van der Waals surface area (Å²) in [4.78, 5) is 35.0. The summed E-state index contributed by atoms with van der Waals surface area (Å²) in [5.74, 6) is -5.85. The minimum Gasteiger partial charge on any atom is -0.479 e. The Bertz CT molecular complexity index is 1130. The number of carboxylic acid groups (broad SMARTS) is 2. The van der Waals surface area contributed by atoms with Gasteiger partial charge in [0.2, 0.25) is 0 Å². The smallest absolute Gasteiger partial charge is 0.479 e. The van der Waals surface area contributed by atoms with Gasteiger partial charge >= 0.3 is 18.3 Å². The topological polar surface area (TPSA) is 122 Å². The molecule has 3 rings (SSSR count). The number of benzene rings is 2. The lowest BCUT2D eigenvalue weighted by molar-refractivity contribution is -0.274. The van der Waals surface area contributed by atoms with Crippen molar-refractivity contribution in [3.8, 4) is 16.9 Å². The number of carbonyl (C=O) groups is 3. The van der Waals surface area contributed by atoms with Crippen molar-refractivity contribution in [2.45, 2.75) is 12.5 Å². The highest BCUT2D eigenvalue weighted by molar-refractivity contribution is 6.13. The van der Waals surface area contributed by atoms with Crippen LogP contribution in [0.15, 0.2) is 53.6 Å². The van der Waals surface area contributed by atoms with Crippen LogP contribution < -0.4 is 10.1 Å². The molecule has 1 amide bonds. The lowest BCUT2D eigenvalue weighted by Gasteiger charge is -2.13. The van der Waals surface area contributed by atoms with Gasteiger partial charge in [-0.05, 0) is 35.4 Å². The zero-order valence-corrected chi connectivity index (χ0v) is 15.8. The molecular weight excluding hydrogens is 442 g/mol. The molecule has 1 aliphatic heterocycles. The van der Waals surface area contributed by atoms with Gasteiger partial charge in [0, 0.05) is 0 Å². The van der Waals surface area contributed by atoms with Crippen LogP contribution in [0.1, 0.15) is 0 Å². The lowest BCUT2D eigenvalue weighted by Crippen LogP contribution is -2.30. The van der Waals surface area contributed by atoms with Crippen molar-refractivity contribution < 1.29 is 51.6 Å². The van der Waals surface area contributed by atoms with E-state index in [-0.39, 0.29) is 11.1 Å². The first-order chi connectivity index (χ1) is 15.0.